The van der Waals surface area contributed by atoms with Gasteiger partial charge in [0.05, 0.1) is 25.4 Å². The molecule has 0 radical (unpaired) electrons. The molecule has 0 spiro atoms. The molecule has 478 valence electrons. The van der Waals surface area contributed by atoms with Crippen molar-refractivity contribution in [2.24, 2.45) is 0 Å². The minimum atomic E-state index is -0.667. The number of amides is 1. The Labute approximate surface area is 506 Å². The second kappa shape index (κ2) is 70.6. The summed E-state index contributed by atoms with van der Waals surface area (Å²) in [7, 11) is 0. The van der Waals surface area contributed by atoms with E-state index in [9.17, 15) is 19.8 Å². The normalized spacial score (nSPS) is 12.7. The molecule has 3 N–H and O–H groups in total. The molecular weight excluding hydrogens is 995 g/mol. The summed E-state index contributed by atoms with van der Waals surface area (Å²) in [5.74, 6) is -0.0320. The molecule has 0 aliphatic heterocycles. The molecule has 0 heterocycles. The van der Waals surface area contributed by atoms with E-state index in [-0.39, 0.29) is 18.5 Å². The van der Waals surface area contributed by atoms with Crippen molar-refractivity contribution in [2.45, 2.75) is 418 Å². The Kier molecular flexibility index (Phi) is 68.9. The van der Waals surface area contributed by atoms with Crippen molar-refractivity contribution in [3.05, 3.63) is 36.5 Å². The van der Waals surface area contributed by atoms with Gasteiger partial charge in [-0.15, -0.1) is 0 Å². The second-order valence-electron chi connectivity index (χ2n) is 25.3. The maximum absolute atomic E-state index is 12.6. The lowest BCUT2D eigenvalue weighted by molar-refractivity contribution is -0.143. The highest BCUT2D eigenvalue weighted by Gasteiger charge is 2.20. The number of rotatable bonds is 69. The van der Waals surface area contributed by atoms with Crippen LogP contribution < -0.4 is 5.32 Å². The number of carbonyl (C=O) groups is 2. The topological polar surface area (TPSA) is 95.9 Å². The first-order valence-corrected chi connectivity index (χ1v) is 36.7. The van der Waals surface area contributed by atoms with Gasteiger partial charge in [0, 0.05) is 12.8 Å². The summed E-state index contributed by atoms with van der Waals surface area (Å²) >= 11 is 0. The molecule has 0 saturated heterocycles. The smallest absolute Gasteiger partial charge is 0.305 e. The van der Waals surface area contributed by atoms with Crippen LogP contribution in [0.2, 0.25) is 0 Å². The van der Waals surface area contributed by atoms with Crippen molar-refractivity contribution in [3.8, 4) is 0 Å². The average molecular weight is 1140 g/mol. The van der Waals surface area contributed by atoms with E-state index in [1.165, 1.54) is 321 Å². The van der Waals surface area contributed by atoms with Crippen LogP contribution in [0.5, 0.6) is 0 Å². The summed E-state index contributed by atoms with van der Waals surface area (Å²) in [6.07, 6.45) is 90.6. The number of nitrogens with one attached hydrogen (secondary N) is 1. The summed E-state index contributed by atoms with van der Waals surface area (Å²) in [5, 5.41) is 23.5. The summed E-state index contributed by atoms with van der Waals surface area (Å²) in [6, 6.07) is -0.545. The van der Waals surface area contributed by atoms with Crippen LogP contribution in [0, 0.1) is 0 Å². The largest absolute Gasteiger partial charge is 0.466 e. The van der Waals surface area contributed by atoms with Gasteiger partial charge in [-0.25, -0.2) is 0 Å². The van der Waals surface area contributed by atoms with Gasteiger partial charge in [-0.1, -0.05) is 352 Å². The number of hydrogen-bond acceptors (Lipinski definition) is 5. The Morgan fingerprint density at radius 1 is 0.346 bits per heavy atom. The van der Waals surface area contributed by atoms with Crippen molar-refractivity contribution < 1.29 is 24.5 Å². The number of ether oxygens (including phenoxy) is 1. The van der Waals surface area contributed by atoms with Gasteiger partial charge in [0.1, 0.15) is 0 Å². The van der Waals surface area contributed by atoms with E-state index in [2.05, 4.69) is 55.6 Å². The molecule has 0 saturated carbocycles. The number of esters is 1. The first-order valence-electron chi connectivity index (χ1n) is 36.7. The molecule has 0 bridgehead atoms. The molecule has 0 aromatic heterocycles. The third-order valence-corrected chi connectivity index (χ3v) is 17.2. The molecule has 2 unspecified atom stereocenters. The van der Waals surface area contributed by atoms with Crippen molar-refractivity contribution in [1.82, 2.24) is 5.32 Å². The monoisotopic (exact) mass is 1140 g/mol. The summed E-state index contributed by atoms with van der Waals surface area (Å²) in [5.41, 5.74) is 0. The van der Waals surface area contributed by atoms with Crippen LogP contribution in [0.25, 0.3) is 0 Å². The van der Waals surface area contributed by atoms with Gasteiger partial charge >= 0.3 is 5.97 Å². The van der Waals surface area contributed by atoms with Crippen LogP contribution in [0.15, 0.2) is 36.5 Å². The van der Waals surface area contributed by atoms with Crippen LogP contribution >= 0.6 is 0 Å². The van der Waals surface area contributed by atoms with Crippen LogP contribution in [0.4, 0.5) is 0 Å². The predicted octanol–water partition coefficient (Wildman–Crippen LogP) is 23.9. The second-order valence-corrected chi connectivity index (χ2v) is 25.3. The van der Waals surface area contributed by atoms with E-state index in [0.29, 0.717) is 25.9 Å². The first kappa shape index (κ1) is 79.1. The lowest BCUT2D eigenvalue weighted by Crippen LogP contribution is -2.45. The summed E-state index contributed by atoms with van der Waals surface area (Å²) in [4.78, 5) is 24.6. The molecular formula is C75H143NO5. The van der Waals surface area contributed by atoms with Gasteiger partial charge in [0.25, 0.3) is 0 Å². The van der Waals surface area contributed by atoms with E-state index >= 15 is 0 Å². The highest BCUT2D eigenvalue weighted by molar-refractivity contribution is 5.76. The zero-order chi connectivity index (χ0) is 58.5. The van der Waals surface area contributed by atoms with Gasteiger partial charge in [-0.05, 0) is 77.0 Å². The summed E-state index contributed by atoms with van der Waals surface area (Å²) < 4.78 is 5.48. The zero-order valence-corrected chi connectivity index (χ0v) is 54.8. The van der Waals surface area contributed by atoms with Gasteiger partial charge < -0.3 is 20.3 Å². The SMILES string of the molecule is CCCC/C=C\C/C=C\CCCCCCCC(=O)OCCCCCCCCCCCCCC/C=C\CCCCCCCCCCCCC(=O)NC(CO)C(O)CCCCCCCCCCCCCCCCCCCCCCCCCC. The Balaban J connectivity index is 3.40. The van der Waals surface area contributed by atoms with E-state index in [1.807, 2.05) is 0 Å². The van der Waals surface area contributed by atoms with Gasteiger partial charge in [-0.3, -0.25) is 9.59 Å². The zero-order valence-electron chi connectivity index (χ0n) is 54.8. The minimum absolute atomic E-state index is 0.000298. The molecule has 0 fully saturated rings. The number of allylic oxidation sites excluding steroid dienone is 6. The third-order valence-electron chi connectivity index (χ3n) is 17.2. The molecule has 0 aliphatic rings. The molecule has 0 aliphatic carbocycles. The first-order chi connectivity index (χ1) is 40.0. The highest BCUT2D eigenvalue weighted by atomic mass is 16.5. The number of unbranched alkanes of at least 4 members (excludes halogenated alkanes) is 52. The Morgan fingerprint density at radius 3 is 0.988 bits per heavy atom. The lowest BCUT2D eigenvalue weighted by atomic mass is 10.0. The molecule has 6 nitrogen and oxygen atoms in total. The van der Waals surface area contributed by atoms with Crippen LogP contribution in [-0.4, -0.2) is 47.4 Å². The Bertz CT molecular complexity index is 1310. The van der Waals surface area contributed by atoms with Crippen LogP contribution in [0.3, 0.4) is 0 Å². The van der Waals surface area contributed by atoms with E-state index in [0.717, 1.165) is 51.4 Å². The van der Waals surface area contributed by atoms with E-state index < -0.39 is 12.1 Å². The van der Waals surface area contributed by atoms with Gasteiger partial charge in [0.2, 0.25) is 5.91 Å². The van der Waals surface area contributed by atoms with Crippen LogP contribution in [0.1, 0.15) is 406 Å². The standard InChI is InChI=1S/C75H143NO5/c1-3-5-7-9-11-13-15-17-19-20-21-22-23-28-31-34-37-40-43-47-51-55-59-63-67-73(78)72(71-77)76-74(79)68-64-60-56-52-48-44-41-38-35-32-29-26-24-25-27-30-33-36-39-42-46-50-54-58-62-66-70-81-75(80)69-65-61-57-53-49-45-18-16-14-12-10-8-6-4-2/h10,12,16,18,24,26,72-73,77-78H,3-9,11,13-15,17,19-23,25,27-71H2,1-2H3,(H,76,79)/b12-10-,18-16-,26-24-. The van der Waals surface area contributed by atoms with Crippen molar-refractivity contribution >= 4 is 11.9 Å². The predicted molar refractivity (Wildman–Crippen MR) is 356 cm³/mol. The van der Waals surface area contributed by atoms with Crippen molar-refractivity contribution in [1.29, 1.82) is 0 Å². The van der Waals surface area contributed by atoms with E-state index in [1.54, 1.807) is 0 Å². The van der Waals surface area contributed by atoms with E-state index in [4.69, 9.17) is 4.74 Å². The minimum Gasteiger partial charge on any atom is -0.466 e. The molecule has 2 atom stereocenters. The summed E-state index contributed by atoms with van der Waals surface area (Å²) in [6.45, 7) is 4.94. The fourth-order valence-corrected chi connectivity index (χ4v) is 11.5. The molecule has 0 aromatic carbocycles. The fourth-order valence-electron chi connectivity index (χ4n) is 11.5. The molecule has 81 heavy (non-hydrogen) atoms. The van der Waals surface area contributed by atoms with Crippen molar-refractivity contribution in [2.75, 3.05) is 13.2 Å². The maximum atomic E-state index is 12.6. The molecule has 0 aromatic rings. The molecule has 6 heteroatoms. The highest BCUT2D eigenvalue weighted by Crippen LogP contribution is 2.19. The number of aliphatic hydroxyl groups is 2. The molecule has 0 rings (SSSR count). The lowest BCUT2D eigenvalue weighted by Gasteiger charge is -2.22. The Hall–Kier alpha value is -1.92. The quantitative estimate of drug-likeness (QED) is 0.0320. The van der Waals surface area contributed by atoms with Gasteiger partial charge in [0.15, 0.2) is 0 Å². The van der Waals surface area contributed by atoms with Crippen molar-refractivity contribution in [3.63, 3.8) is 0 Å². The number of aliphatic hydroxyl groups excluding tert-OH is 2. The average Bonchev–Trinajstić information content (AvgIpc) is 3.47. The third kappa shape index (κ3) is 67.1. The molecule has 1 amide bonds. The maximum Gasteiger partial charge on any atom is 0.305 e. The number of hydrogen-bond donors (Lipinski definition) is 3. The Morgan fingerprint density at radius 2 is 0.630 bits per heavy atom. The van der Waals surface area contributed by atoms with Crippen LogP contribution in [-0.2, 0) is 14.3 Å². The van der Waals surface area contributed by atoms with Gasteiger partial charge in [-0.2, -0.15) is 0 Å². The number of carbonyl (C=O) groups excluding carboxylic acids is 2. The fraction of sp³-hybridized carbons (Fsp3) is 0.893.